The molecule has 0 unspecified atom stereocenters. The summed E-state index contributed by atoms with van der Waals surface area (Å²) < 4.78 is 25.8. The van der Waals surface area contributed by atoms with Crippen molar-refractivity contribution < 1.29 is 8.42 Å². The van der Waals surface area contributed by atoms with Crippen molar-refractivity contribution in [1.82, 2.24) is 4.72 Å². The largest absolute Gasteiger partial charge is 0.382 e. The Bertz CT molecular complexity index is 478. The number of nitrogens with one attached hydrogen (secondary N) is 2. The molecule has 4 N–H and O–H groups in total. The second-order valence-corrected chi connectivity index (χ2v) is 6.40. The third kappa shape index (κ3) is 3.99. The Morgan fingerprint density at radius 1 is 1.29 bits per heavy atom. The zero-order valence-corrected chi connectivity index (χ0v) is 11.1. The maximum atomic E-state index is 11.8. The molecule has 0 fully saturated rings. The van der Waals surface area contributed by atoms with E-state index in [1.165, 1.54) is 7.05 Å². The zero-order valence-electron chi connectivity index (χ0n) is 10.3. The Balaban J connectivity index is 3.02. The monoisotopic (exact) mass is 257 g/mol. The highest BCUT2D eigenvalue weighted by Crippen LogP contribution is 2.20. The first kappa shape index (κ1) is 14.0. The molecule has 1 aromatic carbocycles. The second kappa shape index (κ2) is 5.03. The van der Waals surface area contributed by atoms with Crippen molar-refractivity contribution in [2.75, 3.05) is 18.9 Å². The van der Waals surface area contributed by atoms with Gasteiger partial charge in [-0.1, -0.05) is 12.1 Å². The summed E-state index contributed by atoms with van der Waals surface area (Å²) in [6, 6.07) is 6.73. The number of rotatable bonds is 5. The van der Waals surface area contributed by atoms with E-state index in [0.717, 1.165) is 0 Å². The average molecular weight is 257 g/mol. The van der Waals surface area contributed by atoms with Gasteiger partial charge in [-0.3, -0.25) is 0 Å². The Hall–Kier alpha value is -1.11. The lowest BCUT2D eigenvalue weighted by Crippen LogP contribution is -2.40. The Morgan fingerprint density at radius 2 is 1.88 bits per heavy atom. The summed E-state index contributed by atoms with van der Waals surface area (Å²) in [7, 11) is -2.06. The molecule has 0 atom stereocenters. The third-order valence-corrected chi connectivity index (χ3v) is 3.65. The molecule has 17 heavy (non-hydrogen) atoms. The van der Waals surface area contributed by atoms with Crippen molar-refractivity contribution in [3.05, 3.63) is 24.3 Å². The Labute approximate surface area is 102 Å². The van der Waals surface area contributed by atoms with Crippen molar-refractivity contribution in [3.8, 4) is 0 Å². The molecule has 6 heteroatoms. The van der Waals surface area contributed by atoms with Crippen LogP contribution in [-0.4, -0.2) is 27.5 Å². The van der Waals surface area contributed by atoms with Crippen LogP contribution in [-0.2, 0) is 10.0 Å². The highest BCUT2D eigenvalue weighted by molar-refractivity contribution is 7.89. The van der Waals surface area contributed by atoms with Gasteiger partial charge in [0.1, 0.15) is 4.90 Å². The molecular formula is C11H19N3O2S. The molecule has 0 saturated carbocycles. The van der Waals surface area contributed by atoms with E-state index in [1.807, 2.05) is 13.8 Å². The zero-order chi connectivity index (χ0) is 13.1. The maximum Gasteiger partial charge on any atom is 0.242 e. The molecular weight excluding hydrogens is 238 g/mol. The van der Waals surface area contributed by atoms with E-state index in [9.17, 15) is 8.42 Å². The molecule has 0 aliphatic rings. The summed E-state index contributed by atoms with van der Waals surface area (Å²) >= 11 is 0. The minimum atomic E-state index is -3.45. The Kier molecular flexibility index (Phi) is 4.13. The topological polar surface area (TPSA) is 84.2 Å². The van der Waals surface area contributed by atoms with Crippen LogP contribution in [0.2, 0.25) is 0 Å². The number of sulfonamides is 1. The van der Waals surface area contributed by atoms with Crippen LogP contribution in [0.3, 0.4) is 0 Å². The molecule has 0 bridgehead atoms. The molecule has 0 aliphatic heterocycles. The fourth-order valence-corrected chi connectivity index (χ4v) is 2.19. The van der Waals surface area contributed by atoms with E-state index >= 15 is 0 Å². The van der Waals surface area contributed by atoms with Crippen LogP contribution in [0.5, 0.6) is 0 Å². The molecule has 0 radical (unpaired) electrons. The predicted molar refractivity (Wildman–Crippen MR) is 69.4 cm³/mol. The van der Waals surface area contributed by atoms with Crippen LogP contribution in [0, 0.1) is 0 Å². The van der Waals surface area contributed by atoms with Crippen LogP contribution in [0.25, 0.3) is 0 Å². The Morgan fingerprint density at radius 3 is 2.41 bits per heavy atom. The minimum absolute atomic E-state index is 0.228. The number of hydrogen-bond donors (Lipinski definition) is 3. The fourth-order valence-electron chi connectivity index (χ4n) is 1.28. The summed E-state index contributed by atoms with van der Waals surface area (Å²) in [6.07, 6.45) is 0. The summed E-state index contributed by atoms with van der Waals surface area (Å²) in [5.41, 5.74) is 6.00. The highest BCUT2D eigenvalue weighted by atomic mass is 32.2. The van der Waals surface area contributed by atoms with Gasteiger partial charge >= 0.3 is 0 Å². The first-order valence-electron chi connectivity index (χ1n) is 5.31. The lowest BCUT2D eigenvalue weighted by Gasteiger charge is -2.21. The molecule has 0 saturated heterocycles. The normalized spacial score (nSPS) is 12.5. The molecule has 1 aromatic rings. The molecule has 96 valence electrons. The standard InChI is InChI=1S/C11H19N3O2S/c1-11(2,12)8-14-9-6-4-5-7-10(9)17(15,16)13-3/h4-7,13-14H,8,12H2,1-3H3. The summed E-state index contributed by atoms with van der Waals surface area (Å²) in [6.45, 7) is 4.23. The highest BCUT2D eigenvalue weighted by Gasteiger charge is 2.17. The average Bonchev–Trinajstić information content (AvgIpc) is 2.26. The van der Waals surface area contributed by atoms with Gasteiger partial charge in [-0.2, -0.15) is 0 Å². The second-order valence-electron chi connectivity index (χ2n) is 4.55. The van der Waals surface area contributed by atoms with Crippen molar-refractivity contribution in [2.45, 2.75) is 24.3 Å². The van der Waals surface area contributed by atoms with Crippen LogP contribution >= 0.6 is 0 Å². The van der Waals surface area contributed by atoms with Crippen LogP contribution in [0.4, 0.5) is 5.69 Å². The van der Waals surface area contributed by atoms with Gasteiger partial charge in [-0.25, -0.2) is 13.1 Å². The van der Waals surface area contributed by atoms with Gasteiger partial charge in [0.05, 0.1) is 5.69 Å². The first-order valence-corrected chi connectivity index (χ1v) is 6.80. The SMILES string of the molecule is CNS(=O)(=O)c1ccccc1NCC(C)(C)N. The third-order valence-electron chi connectivity index (χ3n) is 2.18. The van der Waals surface area contributed by atoms with Gasteiger partial charge < -0.3 is 11.1 Å². The van der Waals surface area contributed by atoms with Gasteiger partial charge in [0.2, 0.25) is 10.0 Å². The van der Waals surface area contributed by atoms with Crippen molar-refractivity contribution in [1.29, 1.82) is 0 Å². The molecule has 0 heterocycles. The minimum Gasteiger partial charge on any atom is -0.382 e. The molecule has 0 spiro atoms. The number of benzene rings is 1. The molecule has 5 nitrogen and oxygen atoms in total. The fraction of sp³-hybridized carbons (Fsp3) is 0.455. The van der Waals surface area contributed by atoms with E-state index < -0.39 is 15.6 Å². The number of para-hydroxylation sites is 1. The number of anilines is 1. The summed E-state index contributed by atoms with van der Waals surface area (Å²) in [5, 5.41) is 3.05. The van der Waals surface area contributed by atoms with Gasteiger partial charge in [0, 0.05) is 12.1 Å². The van der Waals surface area contributed by atoms with Crippen molar-refractivity contribution in [2.24, 2.45) is 5.73 Å². The first-order chi connectivity index (χ1) is 7.76. The van der Waals surface area contributed by atoms with Crippen molar-refractivity contribution in [3.63, 3.8) is 0 Å². The van der Waals surface area contributed by atoms with Crippen LogP contribution < -0.4 is 15.8 Å². The van der Waals surface area contributed by atoms with Gasteiger partial charge in [-0.05, 0) is 33.0 Å². The number of nitrogens with two attached hydrogens (primary N) is 1. The molecule has 0 amide bonds. The van der Waals surface area contributed by atoms with E-state index in [2.05, 4.69) is 10.0 Å². The van der Waals surface area contributed by atoms with Gasteiger partial charge in [0.25, 0.3) is 0 Å². The lowest BCUT2D eigenvalue weighted by atomic mass is 10.1. The van der Waals surface area contributed by atoms with Gasteiger partial charge in [-0.15, -0.1) is 0 Å². The van der Waals surface area contributed by atoms with E-state index in [1.54, 1.807) is 24.3 Å². The van der Waals surface area contributed by atoms with E-state index in [4.69, 9.17) is 5.73 Å². The number of hydrogen-bond acceptors (Lipinski definition) is 4. The summed E-state index contributed by atoms with van der Waals surface area (Å²) in [4.78, 5) is 0.228. The summed E-state index contributed by atoms with van der Waals surface area (Å²) in [5.74, 6) is 0. The maximum absolute atomic E-state index is 11.8. The van der Waals surface area contributed by atoms with Crippen molar-refractivity contribution >= 4 is 15.7 Å². The van der Waals surface area contributed by atoms with Crippen LogP contribution in [0.1, 0.15) is 13.8 Å². The van der Waals surface area contributed by atoms with E-state index in [-0.39, 0.29) is 4.90 Å². The molecule has 0 aromatic heterocycles. The van der Waals surface area contributed by atoms with Crippen LogP contribution in [0.15, 0.2) is 29.2 Å². The van der Waals surface area contributed by atoms with E-state index in [0.29, 0.717) is 12.2 Å². The smallest absolute Gasteiger partial charge is 0.242 e. The van der Waals surface area contributed by atoms with Gasteiger partial charge in [0.15, 0.2) is 0 Å². The quantitative estimate of drug-likeness (QED) is 0.726. The lowest BCUT2D eigenvalue weighted by molar-refractivity contribution is 0.548. The molecule has 1 rings (SSSR count). The predicted octanol–water partition coefficient (Wildman–Crippen LogP) is 0.744. The molecule has 0 aliphatic carbocycles.